The molecule has 1 aromatic heterocycles. The molecule has 0 aromatic carbocycles. The Morgan fingerprint density at radius 1 is 1.42 bits per heavy atom. The van der Waals surface area contributed by atoms with Gasteiger partial charge in [-0.25, -0.2) is 12.7 Å². The highest BCUT2D eigenvalue weighted by molar-refractivity contribution is 7.88. The monoisotopic (exact) mass is 290 g/mol. The van der Waals surface area contributed by atoms with Crippen LogP contribution in [0.1, 0.15) is 25.5 Å². The topological polar surface area (TPSA) is 82.8 Å². The second-order valence-corrected chi connectivity index (χ2v) is 6.62. The third-order valence-corrected chi connectivity index (χ3v) is 4.49. The summed E-state index contributed by atoms with van der Waals surface area (Å²) in [7, 11) is -0.585. The average Bonchev–Trinajstić information content (AvgIpc) is 2.83. The molecule has 0 aliphatic carbocycles. The molecule has 0 saturated carbocycles. The average molecular weight is 290 g/mol. The first-order valence-corrected chi connectivity index (χ1v) is 7.72. The van der Waals surface area contributed by atoms with Gasteiger partial charge in [0.25, 0.3) is 10.0 Å². The summed E-state index contributed by atoms with van der Waals surface area (Å²) in [5, 5.41) is 12.4. The molecular formula is C12H22N2O4S. The Kier molecular flexibility index (Phi) is 5.99. The zero-order valence-electron chi connectivity index (χ0n) is 11.6. The van der Waals surface area contributed by atoms with Crippen molar-refractivity contribution >= 4 is 10.0 Å². The summed E-state index contributed by atoms with van der Waals surface area (Å²) >= 11 is 0. The number of furan rings is 1. The van der Waals surface area contributed by atoms with Crippen molar-refractivity contribution < 1.29 is 17.9 Å². The van der Waals surface area contributed by atoms with Gasteiger partial charge in [-0.15, -0.1) is 0 Å². The van der Waals surface area contributed by atoms with E-state index in [1.807, 2.05) is 6.92 Å². The van der Waals surface area contributed by atoms with Crippen LogP contribution in [0.25, 0.3) is 0 Å². The highest BCUT2D eigenvalue weighted by Crippen LogP contribution is 2.16. The lowest BCUT2D eigenvalue weighted by Gasteiger charge is -2.08. The maximum atomic E-state index is 11.8. The molecule has 2 N–H and O–H groups in total. The lowest BCUT2D eigenvalue weighted by molar-refractivity contribution is 0.159. The molecule has 1 heterocycles. The fourth-order valence-electron chi connectivity index (χ4n) is 1.46. The quantitative estimate of drug-likeness (QED) is 0.691. The van der Waals surface area contributed by atoms with Crippen molar-refractivity contribution in [3.05, 3.63) is 17.9 Å². The SMILES string of the molecule is CCC(O)CCNCc1ccc(S(=O)(=O)N(C)C)o1. The Morgan fingerprint density at radius 2 is 2.11 bits per heavy atom. The van der Waals surface area contributed by atoms with Gasteiger partial charge in [0.2, 0.25) is 5.09 Å². The third-order valence-electron chi connectivity index (χ3n) is 2.80. The van der Waals surface area contributed by atoms with Gasteiger partial charge >= 0.3 is 0 Å². The fourth-order valence-corrected chi connectivity index (χ4v) is 2.27. The number of rotatable bonds is 8. The number of nitrogens with zero attached hydrogens (tertiary/aromatic N) is 1. The van der Waals surface area contributed by atoms with E-state index >= 15 is 0 Å². The highest BCUT2D eigenvalue weighted by atomic mass is 32.2. The standard InChI is InChI=1S/C12H22N2O4S/c1-4-10(15)7-8-13-9-11-5-6-12(18-11)19(16,17)14(2)3/h5-6,10,13,15H,4,7-9H2,1-3H3. The van der Waals surface area contributed by atoms with Gasteiger partial charge in [-0.05, 0) is 31.5 Å². The van der Waals surface area contributed by atoms with Gasteiger partial charge in [0.15, 0.2) is 0 Å². The van der Waals surface area contributed by atoms with E-state index in [9.17, 15) is 13.5 Å². The van der Waals surface area contributed by atoms with Crippen LogP contribution in [0.4, 0.5) is 0 Å². The Bertz CT molecular complexity index is 482. The maximum absolute atomic E-state index is 11.8. The molecule has 19 heavy (non-hydrogen) atoms. The van der Waals surface area contributed by atoms with Crippen molar-refractivity contribution in [3.63, 3.8) is 0 Å². The van der Waals surface area contributed by atoms with Crippen LogP contribution in [0.5, 0.6) is 0 Å². The molecule has 0 radical (unpaired) electrons. The molecule has 0 amide bonds. The minimum Gasteiger partial charge on any atom is -0.447 e. The number of nitrogens with one attached hydrogen (secondary N) is 1. The van der Waals surface area contributed by atoms with Gasteiger partial charge in [-0.2, -0.15) is 0 Å². The molecular weight excluding hydrogens is 268 g/mol. The van der Waals surface area contributed by atoms with Crippen molar-refractivity contribution in [2.75, 3.05) is 20.6 Å². The van der Waals surface area contributed by atoms with Gasteiger partial charge in [0, 0.05) is 14.1 Å². The van der Waals surface area contributed by atoms with Crippen molar-refractivity contribution in [3.8, 4) is 0 Å². The lowest BCUT2D eigenvalue weighted by atomic mass is 10.2. The van der Waals surface area contributed by atoms with E-state index in [-0.39, 0.29) is 11.2 Å². The summed E-state index contributed by atoms with van der Waals surface area (Å²) in [5.41, 5.74) is 0. The van der Waals surface area contributed by atoms with Crippen LogP contribution >= 0.6 is 0 Å². The van der Waals surface area contributed by atoms with Crippen LogP contribution < -0.4 is 5.32 Å². The molecule has 0 aliphatic heterocycles. The molecule has 0 saturated heterocycles. The van der Waals surface area contributed by atoms with E-state index in [1.165, 1.54) is 20.2 Å². The maximum Gasteiger partial charge on any atom is 0.275 e. The highest BCUT2D eigenvalue weighted by Gasteiger charge is 2.21. The zero-order chi connectivity index (χ0) is 14.5. The Hall–Kier alpha value is -0.890. The van der Waals surface area contributed by atoms with Crippen molar-refractivity contribution in [1.82, 2.24) is 9.62 Å². The first kappa shape index (κ1) is 16.2. The Labute approximate surface area is 114 Å². The summed E-state index contributed by atoms with van der Waals surface area (Å²) in [4.78, 5) is 0. The summed E-state index contributed by atoms with van der Waals surface area (Å²) < 4.78 is 30.0. The minimum absolute atomic E-state index is 0.0529. The van der Waals surface area contributed by atoms with Crippen LogP contribution in [0.2, 0.25) is 0 Å². The van der Waals surface area contributed by atoms with Gasteiger partial charge in [-0.3, -0.25) is 0 Å². The molecule has 7 heteroatoms. The number of sulfonamides is 1. The zero-order valence-corrected chi connectivity index (χ0v) is 12.4. The first-order chi connectivity index (χ1) is 8.87. The molecule has 0 spiro atoms. The van der Waals surface area contributed by atoms with Crippen molar-refractivity contribution in [2.45, 2.75) is 37.5 Å². The van der Waals surface area contributed by atoms with Crippen molar-refractivity contribution in [2.24, 2.45) is 0 Å². The normalized spacial score (nSPS) is 13.9. The lowest BCUT2D eigenvalue weighted by Crippen LogP contribution is -2.21. The molecule has 6 nitrogen and oxygen atoms in total. The summed E-state index contributed by atoms with van der Waals surface area (Å²) in [6, 6.07) is 3.09. The molecule has 0 fully saturated rings. The van der Waals surface area contributed by atoms with Crippen LogP contribution in [-0.4, -0.2) is 44.6 Å². The van der Waals surface area contributed by atoms with E-state index in [0.29, 0.717) is 25.3 Å². The summed E-state index contributed by atoms with van der Waals surface area (Å²) in [6.45, 7) is 3.03. The largest absolute Gasteiger partial charge is 0.447 e. The predicted molar refractivity (Wildman–Crippen MR) is 72.2 cm³/mol. The summed E-state index contributed by atoms with van der Waals surface area (Å²) in [5.74, 6) is 0.561. The second kappa shape index (κ2) is 7.04. The minimum atomic E-state index is -3.51. The molecule has 1 aromatic rings. The molecule has 1 atom stereocenters. The van der Waals surface area contributed by atoms with Crippen LogP contribution in [0.15, 0.2) is 21.6 Å². The predicted octanol–water partition coefficient (Wildman–Crippen LogP) is 0.780. The molecule has 1 unspecified atom stereocenters. The smallest absolute Gasteiger partial charge is 0.275 e. The number of aliphatic hydroxyl groups is 1. The van der Waals surface area contributed by atoms with E-state index in [4.69, 9.17) is 4.42 Å². The first-order valence-electron chi connectivity index (χ1n) is 6.28. The number of hydrogen-bond donors (Lipinski definition) is 2. The molecule has 0 aliphatic rings. The van der Waals surface area contributed by atoms with Gasteiger partial charge in [0.1, 0.15) is 5.76 Å². The van der Waals surface area contributed by atoms with Crippen molar-refractivity contribution in [1.29, 1.82) is 0 Å². The van der Waals surface area contributed by atoms with E-state index < -0.39 is 10.0 Å². The fraction of sp³-hybridized carbons (Fsp3) is 0.667. The molecule has 0 bridgehead atoms. The van der Waals surface area contributed by atoms with Crippen LogP contribution in [0, 0.1) is 0 Å². The molecule has 110 valence electrons. The van der Waals surface area contributed by atoms with E-state index in [0.717, 1.165) is 10.7 Å². The Balaban J connectivity index is 2.48. The molecule has 1 rings (SSSR count). The van der Waals surface area contributed by atoms with Gasteiger partial charge < -0.3 is 14.8 Å². The number of aliphatic hydroxyl groups excluding tert-OH is 1. The Morgan fingerprint density at radius 3 is 2.68 bits per heavy atom. The number of hydrogen-bond acceptors (Lipinski definition) is 5. The van der Waals surface area contributed by atoms with E-state index in [2.05, 4.69) is 5.32 Å². The summed E-state index contributed by atoms with van der Waals surface area (Å²) in [6.07, 6.45) is 1.10. The van der Waals surface area contributed by atoms with Crippen LogP contribution in [0.3, 0.4) is 0 Å². The third kappa shape index (κ3) is 4.61. The van der Waals surface area contributed by atoms with Gasteiger partial charge in [0.05, 0.1) is 12.6 Å². The van der Waals surface area contributed by atoms with E-state index in [1.54, 1.807) is 6.07 Å². The van der Waals surface area contributed by atoms with Crippen LogP contribution in [-0.2, 0) is 16.6 Å². The second-order valence-electron chi connectivity index (χ2n) is 4.54. The van der Waals surface area contributed by atoms with Gasteiger partial charge in [-0.1, -0.05) is 6.92 Å².